The summed E-state index contributed by atoms with van der Waals surface area (Å²) in [5.74, 6) is -0.873. The lowest BCUT2D eigenvalue weighted by Gasteiger charge is -2.42. The molecule has 1 heterocycles. The van der Waals surface area contributed by atoms with E-state index >= 15 is 0 Å². The Labute approximate surface area is 111 Å². The average Bonchev–Trinajstić information content (AvgIpc) is 2.37. The van der Waals surface area contributed by atoms with Crippen LogP contribution in [-0.4, -0.2) is 23.4 Å². The summed E-state index contributed by atoms with van der Waals surface area (Å²) in [7, 11) is 0. The van der Waals surface area contributed by atoms with Gasteiger partial charge in [0.2, 0.25) is 5.91 Å². The summed E-state index contributed by atoms with van der Waals surface area (Å²) in [6, 6.07) is 5.09. The van der Waals surface area contributed by atoms with Crippen LogP contribution in [-0.2, 0) is 9.59 Å². The molecule has 0 saturated carbocycles. The fourth-order valence-corrected chi connectivity index (χ4v) is 2.20. The summed E-state index contributed by atoms with van der Waals surface area (Å²) in [4.78, 5) is 25.9. The first-order valence-corrected chi connectivity index (χ1v) is 6.30. The molecule has 4 nitrogen and oxygen atoms in total. The standard InChI is InChI=1S/C14H17FN2O2/c1-4-14(3)13(19)17(9(2)12(18)16-14)11-7-5-6-10(15)8-11/h5-9H,4H2,1-3H3,(H,16,18). The first-order chi connectivity index (χ1) is 8.89. The van der Waals surface area contributed by atoms with Crippen LogP contribution < -0.4 is 10.2 Å². The molecule has 102 valence electrons. The van der Waals surface area contributed by atoms with Crippen molar-refractivity contribution < 1.29 is 14.0 Å². The maximum absolute atomic E-state index is 13.3. The number of benzene rings is 1. The largest absolute Gasteiger partial charge is 0.340 e. The van der Waals surface area contributed by atoms with Gasteiger partial charge in [0.05, 0.1) is 0 Å². The Morgan fingerprint density at radius 2 is 2.11 bits per heavy atom. The van der Waals surface area contributed by atoms with Crippen molar-refractivity contribution in [3.63, 3.8) is 0 Å². The van der Waals surface area contributed by atoms with Crippen molar-refractivity contribution in [1.82, 2.24) is 5.32 Å². The van der Waals surface area contributed by atoms with E-state index in [1.807, 2.05) is 6.92 Å². The van der Waals surface area contributed by atoms with E-state index in [-0.39, 0.29) is 11.8 Å². The molecule has 2 amide bonds. The van der Waals surface area contributed by atoms with E-state index < -0.39 is 17.4 Å². The molecule has 1 aromatic carbocycles. The first-order valence-electron chi connectivity index (χ1n) is 6.30. The zero-order valence-corrected chi connectivity index (χ0v) is 11.2. The number of carbonyl (C=O) groups excluding carboxylic acids is 2. The van der Waals surface area contributed by atoms with Gasteiger partial charge >= 0.3 is 0 Å². The Morgan fingerprint density at radius 1 is 1.42 bits per heavy atom. The minimum absolute atomic E-state index is 0.215. The molecule has 1 aliphatic heterocycles. The minimum Gasteiger partial charge on any atom is -0.340 e. The molecule has 19 heavy (non-hydrogen) atoms. The molecule has 1 saturated heterocycles. The molecular formula is C14H17FN2O2. The maximum atomic E-state index is 13.3. The molecule has 0 aromatic heterocycles. The molecule has 2 unspecified atom stereocenters. The number of carbonyl (C=O) groups is 2. The Kier molecular flexibility index (Phi) is 3.30. The highest BCUT2D eigenvalue weighted by Gasteiger charge is 2.45. The van der Waals surface area contributed by atoms with E-state index in [1.54, 1.807) is 19.9 Å². The molecule has 0 spiro atoms. The second kappa shape index (κ2) is 4.64. The maximum Gasteiger partial charge on any atom is 0.253 e. The molecular weight excluding hydrogens is 247 g/mol. The summed E-state index contributed by atoms with van der Waals surface area (Å²) in [6.45, 7) is 5.15. The van der Waals surface area contributed by atoms with Crippen LogP contribution in [0.15, 0.2) is 24.3 Å². The van der Waals surface area contributed by atoms with Gasteiger partial charge in [-0.1, -0.05) is 13.0 Å². The SMILES string of the molecule is CCC1(C)NC(=O)C(C)N(c2cccc(F)c2)C1=O. The van der Waals surface area contributed by atoms with Crippen molar-refractivity contribution in [3.8, 4) is 0 Å². The second-order valence-electron chi connectivity index (χ2n) is 5.01. The van der Waals surface area contributed by atoms with Crippen LogP contribution in [0.1, 0.15) is 27.2 Å². The molecule has 1 N–H and O–H groups in total. The zero-order valence-electron chi connectivity index (χ0n) is 11.2. The number of nitrogens with zero attached hydrogens (tertiary/aromatic N) is 1. The summed E-state index contributed by atoms with van der Waals surface area (Å²) in [6.07, 6.45) is 0.482. The first kappa shape index (κ1) is 13.5. The van der Waals surface area contributed by atoms with Crippen molar-refractivity contribution in [2.75, 3.05) is 4.90 Å². The van der Waals surface area contributed by atoms with Gasteiger partial charge in [-0.2, -0.15) is 0 Å². The van der Waals surface area contributed by atoms with Gasteiger partial charge in [0.15, 0.2) is 0 Å². The van der Waals surface area contributed by atoms with Gasteiger partial charge in [-0.3, -0.25) is 14.5 Å². The number of amides is 2. The Bertz CT molecular complexity index is 532. The van der Waals surface area contributed by atoms with Crippen molar-refractivity contribution in [1.29, 1.82) is 0 Å². The van der Waals surface area contributed by atoms with Crippen LogP contribution >= 0.6 is 0 Å². The molecule has 1 aliphatic rings. The van der Waals surface area contributed by atoms with Gasteiger partial charge in [-0.25, -0.2) is 4.39 Å². The third-order valence-electron chi connectivity index (χ3n) is 3.65. The molecule has 5 heteroatoms. The van der Waals surface area contributed by atoms with Crippen LogP contribution in [0.4, 0.5) is 10.1 Å². The fraction of sp³-hybridized carbons (Fsp3) is 0.429. The van der Waals surface area contributed by atoms with Gasteiger partial charge < -0.3 is 5.32 Å². The van der Waals surface area contributed by atoms with E-state index in [2.05, 4.69) is 5.32 Å². The van der Waals surface area contributed by atoms with Gasteiger partial charge in [0.1, 0.15) is 17.4 Å². The van der Waals surface area contributed by atoms with Crippen molar-refractivity contribution in [2.45, 2.75) is 38.8 Å². The highest BCUT2D eigenvalue weighted by atomic mass is 19.1. The highest BCUT2D eigenvalue weighted by Crippen LogP contribution is 2.27. The van der Waals surface area contributed by atoms with Crippen molar-refractivity contribution in [2.24, 2.45) is 0 Å². The van der Waals surface area contributed by atoms with Crippen LogP contribution in [0.25, 0.3) is 0 Å². The fourth-order valence-electron chi connectivity index (χ4n) is 2.20. The third kappa shape index (κ3) is 2.20. The molecule has 0 aliphatic carbocycles. The average molecular weight is 264 g/mol. The van der Waals surface area contributed by atoms with Gasteiger partial charge in [0.25, 0.3) is 5.91 Å². The van der Waals surface area contributed by atoms with E-state index in [4.69, 9.17) is 0 Å². The van der Waals surface area contributed by atoms with E-state index in [0.717, 1.165) is 0 Å². The Morgan fingerprint density at radius 3 is 2.68 bits per heavy atom. The molecule has 1 aromatic rings. The van der Waals surface area contributed by atoms with Crippen molar-refractivity contribution >= 4 is 17.5 Å². The van der Waals surface area contributed by atoms with Crippen LogP contribution in [0.3, 0.4) is 0 Å². The Balaban J connectivity index is 2.47. The van der Waals surface area contributed by atoms with Crippen LogP contribution in [0, 0.1) is 5.82 Å². The number of hydrogen-bond acceptors (Lipinski definition) is 2. The summed E-state index contributed by atoms with van der Waals surface area (Å²) in [5.41, 5.74) is -0.525. The number of rotatable bonds is 2. The van der Waals surface area contributed by atoms with Gasteiger partial charge in [-0.15, -0.1) is 0 Å². The molecule has 0 bridgehead atoms. The number of piperazine rings is 1. The third-order valence-corrected chi connectivity index (χ3v) is 3.65. The predicted molar refractivity (Wildman–Crippen MR) is 70.2 cm³/mol. The lowest BCUT2D eigenvalue weighted by molar-refractivity contribution is -0.137. The zero-order chi connectivity index (χ0) is 14.2. The number of anilines is 1. The topological polar surface area (TPSA) is 49.4 Å². The number of halogens is 1. The predicted octanol–water partition coefficient (Wildman–Crippen LogP) is 1.85. The van der Waals surface area contributed by atoms with E-state index in [9.17, 15) is 14.0 Å². The summed E-state index contributed by atoms with van der Waals surface area (Å²) < 4.78 is 13.3. The Hall–Kier alpha value is -1.91. The number of nitrogens with one attached hydrogen (secondary N) is 1. The summed E-state index contributed by atoms with van der Waals surface area (Å²) in [5, 5.41) is 2.73. The molecule has 0 radical (unpaired) electrons. The van der Waals surface area contributed by atoms with Crippen LogP contribution in [0.5, 0.6) is 0 Å². The van der Waals surface area contributed by atoms with Gasteiger partial charge in [0, 0.05) is 5.69 Å². The van der Waals surface area contributed by atoms with Crippen molar-refractivity contribution in [3.05, 3.63) is 30.1 Å². The monoisotopic (exact) mass is 264 g/mol. The number of hydrogen-bond donors (Lipinski definition) is 1. The quantitative estimate of drug-likeness (QED) is 0.886. The van der Waals surface area contributed by atoms with Gasteiger partial charge in [-0.05, 0) is 38.5 Å². The lowest BCUT2D eigenvalue weighted by Crippen LogP contribution is -2.68. The van der Waals surface area contributed by atoms with Crippen LogP contribution in [0.2, 0.25) is 0 Å². The normalized spacial score (nSPS) is 27.4. The molecule has 2 atom stereocenters. The molecule has 1 fully saturated rings. The highest BCUT2D eigenvalue weighted by molar-refractivity contribution is 6.10. The second-order valence-corrected chi connectivity index (χ2v) is 5.01. The summed E-state index contributed by atoms with van der Waals surface area (Å²) >= 11 is 0. The van der Waals surface area contributed by atoms with E-state index in [1.165, 1.54) is 23.1 Å². The molecule has 2 rings (SSSR count). The minimum atomic E-state index is -0.935. The van der Waals surface area contributed by atoms with E-state index in [0.29, 0.717) is 12.1 Å². The lowest BCUT2D eigenvalue weighted by atomic mass is 9.92. The smallest absolute Gasteiger partial charge is 0.253 e.